The summed E-state index contributed by atoms with van der Waals surface area (Å²) >= 11 is 0. The number of rotatable bonds is 6. The zero-order valence-electron chi connectivity index (χ0n) is 16.1. The molecule has 0 saturated carbocycles. The lowest BCUT2D eigenvalue weighted by atomic mass is 9.96. The lowest BCUT2D eigenvalue weighted by Gasteiger charge is -2.23. The first-order chi connectivity index (χ1) is 13.7. The van der Waals surface area contributed by atoms with E-state index in [1.54, 1.807) is 23.1 Å². The van der Waals surface area contributed by atoms with Crippen LogP contribution in [0.1, 0.15) is 24.5 Å². The van der Waals surface area contributed by atoms with Gasteiger partial charge in [-0.1, -0.05) is 18.2 Å². The number of piperidine rings is 1. The van der Waals surface area contributed by atoms with E-state index in [-0.39, 0.29) is 30.4 Å². The van der Waals surface area contributed by atoms with Gasteiger partial charge in [0.2, 0.25) is 5.91 Å². The van der Waals surface area contributed by atoms with Crippen LogP contribution in [-0.4, -0.2) is 45.1 Å². The highest BCUT2D eigenvalue weighted by molar-refractivity contribution is 5.85. The Labute approximate surface area is 174 Å². The monoisotopic (exact) mass is 416 g/mol. The highest BCUT2D eigenvalue weighted by atomic mass is 35.5. The van der Waals surface area contributed by atoms with Crippen LogP contribution in [-0.2, 0) is 17.9 Å². The van der Waals surface area contributed by atoms with Gasteiger partial charge in [0.15, 0.2) is 0 Å². The van der Waals surface area contributed by atoms with Crippen molar-refractivity contribution in [1.82, 2.24) is 30.2 Å². The number of hydrogen-bond donors (Lipinski definition) is 2. The predicted octanol–water partition coefficient (Wildman–Crippen LogP) is 1.30. The van der Waals surface area contributed by atoms with Crippen molar-refractivity contribution in [3.63, 3.8) is 0 Å². The molecule has 8 nitrogen and oxygen atoms in total. The molecule has 1 unspecified atom stereocenters. The zero-order valence-corrected chi connectivity index (χ0v) is 16.9. The second-order valence-corrected chi connectivity index (χ2v) is 7.07. The average Bonchev–Trinajstić information content (AvgIpc) is 3.18. The molecule has 1 aromatic carbocycles. The minimum Gasteiger partial charge on any atom is -0.353 e. The van der Waals surface area contributed by atoms with Crippen molar-refractivity contribution in [2.45, 2.75) is 31.8 Å². The molecule has 0 aliphatic carbocycles. The van der Waals surface area contributed by atoms with E-state index in [2.05, 4.69) is 20.8 Å². The Morgan fingerprint density at radius 3 is 2.90 bits per heavy atom. The largest absolute Gasteiger partial charge is 0.353 e. The molecule has 1 amide bonds. The van der Waals surface area contributed by atoms with E-state index in [0.29, 0.717) is 24.4 Å². The van der Waals surface area contributed by atoms with Crippen LogP contribution in [0.4, 0.5) is 0 Å². The maximum Gasteiger partial charge on any atom is 0.274 e. The van der Waals surface area contributed by atoms with Crippen LogP contribution in [0.3, 0.4) is 0 Å². The maximum atomic E-state index is 12.4. The van der Waals surface area contributed by atoms with Crippen molar-refractivity contribution in [2.75, 3.05) is 19.6 Å². The third-order valence-corrected chi connectivity index (χ3v) is 5.17. The van der Waals surface area contributed by atoms with Gasteiger partial charge in [0.05, 0.1) is 18.1 Å². The van der Waals surface area contributed by atoms with E-state index < -0.39 is 0 Å². The van der Waals surface area contributed by atoms with E-state index in [9.17, 15) is 9.59 Å². The Morgan fingerprint density at radius 2 is 2.07 bits per heavy atom. The fraction of sp³-hybridized carbons (Fsp3) is 0.400. The summed E-state index contributed by atoms with van der Waals surface area (Å²) in [6.07, 6.45) is 5.66. The summed E-state index contributed by atoms with van der Waals surface area (Å²) in [6, 6.07) is 9.34. The molecule has 2 N–H and O–H groups in total. The first-order valence-electron chi connectivity index (χ1n) is 9.66. The summed E-state index contributed by atoms with van der Waals surface area (Å²) in [4.78, 5) is 24.8. The van der Waals surface area contributed by atoms with E-state index in [0.717, 1.165) is 37.0 Å². The third-order valence-electron chi connectivity index (χ3n) is 5.17. The van der Waals surface area contributed by atoms with Crippen LogP contribution in [0.2, 0.25) is 0 Å². The maximum absolute atomic E-state index is 12.4. The van der Waals surface area contributed by atoms with Gasteiger partial charge in [-0.3, -0.25) is 14.3 Å². The smallest absolute Gasteiger partial charge is 0.274 e. The van der Waals surface area contributed by atoms with Gasteiger partial charge in [-0.2, -0.15) is 10.2 Å². The number of nitrogens with one attached hydrogen (secondary N) is 2. The summed E-state index contributed by atoms with van der Waals surface area (Å²) in [5.74, 6) is 0.270. The summed E-state index contributed by atoms with van der Waals surface area (Å²) in [7, 11) is 0. The first-order valence-corrected chi connectivity index (χ1v) is 9.66. The van der Waals surface area contributed by atoms with Crippen LogP contribution in [0.15, 0.2) is 47.5 Å². The fourth-order valence-electron chi connectivity index (χ4n) is 3.71. The van der Waals surface area contributed by atoms with Crippen molar-refractivity contribution in [1.29, 1.82) is 0 Å². The van der Waals surface area contributed by atoms with Gasteiger partial charge in [0, 0.05) is 36.3 Å². The molecular formula is C20H25ClN6O2. The van der Waals surface area contributed by atoms with Gasteiger partial charge >= 0.3 is 0 Å². The summed E-state index contributed by atoms with van der Waals surface area (Å²) in [5, 5.41) is 16.2. The number of halogens is 1. The summed E-state index contributed by atoms with van der Waals surface area (Å²) in [6.45, 7) is 2.82. The van der Waals surface area contributed by atoms with Crippen LogP contribution in [0.25, 0.3) is 10.8 Å². The molecule has 1 saturated heterocycles. The zero-order chi connectivity index (χ0) is 19.3. The number of carbonyl (C=O) groups is 1. The number of fused-ring (bicyclic) bond motifs is 1. The molecule has 0 radical (unpaired) electrons. The molecule has 3 heterocycles. The normalized spacial score (nSPS) is 16.3. The topological polar surface area (TPSA) is 93.8 Å². The van der Waals surface area contributed by atoms with E-state index in [1.165, 1.54) is 4.68 Å². The highest BCUT2D eigenvalue weighted by Crippen LogP contribution is 2.22. The Bertz CT molecular complexity index is 1020. The number of nitrogens with zero attached hydrogens (tertiary/aromatic N) is 4. The second-order valence-electron chi connectivity index (χ2n) is 7.07. The molecule has 29 heavy (non-hydrogen) atoms. The Balaban J connectivity index is 0.00000240. The van der Waals surface area contributed by atoms with Gasteiger partial charge in [-0.25, -0.2) is 4.68 Å². The van der Waals surface area contributed by atoms with Crippen molar-refractivity contribution >= 4 is 29.1 Å². The molecule has 1 aliphatic rings. The number of aromatic nitrogens is 4. The molecule has 4 rings (SSSR count). The molecule has 1 atom stereocenters. The molecule has 3 aromatic rings. The second kappa shape index (κ2) is 9.67. The number of benzene rings is 1. The van der Waals surface area contributed by atoms with Gasteiger partial charge in [-0.05, 0) is 31.5 Å². The predicted molar refractivity (Wildman–Crippen MR) is 113 cm³/mol. The van der Waals surface area contributed by atoms with Crippen LogP contribution in [0.5, 0.6) is 0 Å². The molecule has 0 spiro atoms. The molecule has 0 bridgehead atoms. The van der Waals surface area contributed by atoms with Gasteiger partial charge in [-0.15, -0.1) is 12.4 Å². The van der Waals surface area contributed by atoms with E-state index in [1.807, 2.05) is 24.3 Å². The number of carbonyl (C=O) groups excluding carboxylic acids is 1. The first kappa shape index (κ1) is 21.0. The minimum absolute atomic E-state index is 0. The van der Waals surface area contributed by atoms with Crippen molar-refractivity contribution < 1.29 is 4.79 Å². The summed E-state index contributed by atoms with van der Waals surface area (Å²) in [5.41, 5.74) is 0.946. The van der Waals surface area contributed by atoms with Crippen molar-refractivity contribution in [3.05, 3.63) is 58.8 Å². The minimum atomic E-state index is -0.147. The van der Waals surface area contributed by atoms with Crippen molar-refractivity contribution in [3.8, 4) is 0 Å². The lowest BCUT2D eigenvalue weighted by Crippen LogP contribution is -2.35. The Hall–Kier alpha value is -2.71. The molecule has 1 aliphatic heterocycles. The Morgan fingerprint density at radius 1 is 1.21 bits per heavy atom. The molecule has 1 fully saturated rings. The van der Waals surface area contributed by atoms with E-state index >= 15 is 0 Å². The standard InChI is InChI=1S/C20H24N6O2.ClH/c27-19(14-26-18(7-9-23-26)16-5-3-8-21-12-16)22-10-11-25-20(28)17-6-2-1-4-15(17)13-24-25;/h1-2,4,6-7,9,13,16,21H,3,5,8,10-12,14H2,(H,22,27);1H. The molecule has 9 heteroatoms. The lowest BCUT2D eigenvalue weighted by molar-refractivity contribution is -0.121. The SMILES string of the molecule is Cl.O=C(Cn1nccc1C1CCCNC1)NCCn1ncc2ccccc2c1=O. The average molecular weight is 417 g/mol. The number of hydrogen-bond acceptors (Lipinski definition) is 5. The summed E-state index contributed by atoms with van der Waals surface area (Å²) < 4.78 is 3.16. The number of amides is 1. The highest BCUT2D eigenvalue weighted by Gasteiger charge is 2.19. The molecule has 154 valence electrons. The van der Waals surface area contributed by atoms with Crippen LogP contribution in [0, 0.1) is 0 Å². The van der Waals surface area contributed by atoms with Crippen LogP contribution < -0.4 is 16.2 Å². The Kier molecular flexibility index (Phi) is 7.00. The molecular weight excluding hydrogens is 392 g/mol. The van der Waals surface area contributed by atoms with E-state index in [4.69, 9.17) is 0 Å². The fourth-order valence-corrected chi connectivity index (χ4v) is 3.71. The van der Waals surface area contributed by atoms with Gasteiger partial charge in [0.1, 0.15) is 6.54 Å². The van der Waals surface area contributed by atoms with Crippen LogP contribution >= 0.6 is 12.4 Å². The van der Waals surface area contributed by atoms with Crippen molar-refractivity contribution in [2.24, 2.45) is 0 Å². The third kappa shape index (κ3) is 4.83. The van der Waals surface area contributed by atoms with Gasteiger partial charge < -0.3 is 10.6 Å². The van der Waals surface area contributed by atoms with Gasteiger partial charge in [0.25, 0.3) is 5.56 Å². The quantitative estimate of drug-likeness (QED) is 0.631. The molecule has 2 aromatic heterocycles.